The van der Waals surface area contributed by atoms with E-state index in [1.54, 1.807) is 0 Å². The van der Waals surface area contributed by atoms with Gasteiger partial charge in [0.15, 0.2) is 5.60 Å². The molecule has 0 saturated heterocycles. The second-order valence-electron chi connectivity index (χ2n) is 10.5. The van der Waals surface area contributed by atoms with Crippen LogP contribution in [0.2, 0.25) is 0 Å². The standard InChI is InChI=1S/C28H35N3O5/c32-26(33)24(31-27(34)28(35)16-20-4-1-2-5-21(20)17-28)11-13-36-23-14-18(15-23)7-9-22-10-8-19-6-3-12-29-25(19)30-22/h1-2,4-5,8,10,18,23-24,35H,3,6-7,9,11-17H2,(H,29,30)(H,31,34)(H,32,33). The average molecular weight is 494 g/mol. The Labute approximate surface area is 211 Å². The second kappa shape index (κ2) is 10.6. The third kappa shape index (κ3) is 5.55. The SMILES string of the molecule is O=C(O)C(CCOC1CC(CCc2ccc3c(n2)NCCC3)C1)NC(=O)C1(O)Cc2ccccc2C1. The molecule has 8 nitrogen and oxygen atoms in total. The number of carboxylic acid groups (broad SMARTS) is 1. The number of aliphatic carboxylic acids is 1. The summed E-state index contributed by atoms with van der Waals surface area (Å²) in [6.07, 6.45) is 6.89. The molecule has 1 fully saturated rings. The first-order chi connectivity index (χ1) is 17.4. The van der Waals surface area contributed by atoms with Crippen molar-refractivity contribution in [2.75, 3.05) is 18.5 Å². The van der Waals surface area contributed by atoms with Crippen molar-refractivity contribution < 1.29 is 24.5 Å². The molecule has 36 heavy (non-hydrogen) atoms. The Morgan fingerprint density at radius 1 is 1.14 bits per heavy atom. The highest BCUT2D eigenvalue weighted by Gasteiger charge is 2.43. The van der Waals surface area contributed by atoms with Crippen molar-refractivity contribution in [1.82, 2.24) is 10.3 Å². The van der Waals surface area contributed by atoms with Gasteiger partial charge < -0.3 is 25.6 Å². The predicted molar refractivity (Wildman–Crippen MR) is 135 cm³/mol. The number of carbonyl (C=O) groups excluding carboxylic acids is 1. The van der Waals surface area contributed by atoms with Crippen LogP contribution < -0.4 is 10.6 Å². The lowest BCUT2D eigenvalue weighted by Crippen LogP contribution is -2.53. The van der Waals surface area contributed by atoms with Crippen molar-refractivity contribution in [2.45, 2.75) is 75.5 Å². The van der Waals surface area contributed by atoms with E-state index in [1.165, 1.54) is 5.56 Å². The van der Waals surface area contributed by atoms with E-state index < -0.39 is 23.5 Å². The number of aromatic nitrogens is 1. The summed E-state index contributed by atoms with van der Waals surface area (Å²) in [6.45, 7) is 1.25. The highest BCUT2D eigenvalue weighted by Crippen LogP contribution is 2.34. The normalized spacial score (nSPS) is 22.5. The molecule has 4 N–H and O–H groups in total. The summed E-state index contributed by atoms with van der Waals surface area (Å²) in [6, 6.07) is 10.7. The number of hydrogen-bond donors (Lipinski definition) is 4. The van der Waals surface area contributed by atoms with Crippen molar-refractivity contribution in [3.63, 3.8) is 0 Å². The molecule has 1 unspecified atom stereocenters. The quantitative estimate of drug-likeness (QED) is 0.402. The van der Waals surface area contributed by atoms with Gasteiger partial charge in [0.25, 0.3) is 5.91 Å². The van der Waals surface area contributed by atoms with Gasteiger partial charge in [-0.15, -0.1) is 0 Å². The zero-order valence-electron chi connectivity index (χ0n) is 20.5. The Balaban J connectivity index is 1.02. The number of nitrogens with zero attached hydrogens (tertiary/aromatic N) is 1. The van der Waals surface area contributed by atoms with Crippen LogP contribution >= 0.6 is 0 Å². The topological polar surface area (TPSA) is 121 Å². The van der Waals surface area contributed by atoms with Gasteiger partial charge in [-0.3, -0.25) is 4.79 Å². The maximum Gasteiger partial charge on any atom is 0.326 e. The Kier molecular flexibility index (Phi) is 7.25. The van der Waals surface area contributed by atoms with Gasteiger partial charge in [0.2, 0.25) is 0 Å². The molecule has 0 spiro atoms. The first-order valence-corrected chi connectivity index (χ1v) is 13.1. The van der Waals surface area contributed by atoms with E-state index in [0.717, 1.165) is 67.7 Å². The van der Waals surface area contributed by atoms with Gasteiger partial charge >= 0.3 is 5.97 Å². The van der Waals surface area contributed by atoms with Crippen LogP contribution in [0, 0.1) is 5.92 Å². The Bertz CT molecular complexity index is 1090. The van der Waals surface area contributed by atoms with Crippen LogP contribution in [0.5, 0.6) is 0 Å². The first kappa shape index (κ1) is 24.7. The number of amides is 1. The summed E-state index contributed by atoms with van der Waals surface area (Å²) >= 11 is 0. The Hall–Kier alpha value is -2.97. The summed E-state index contributed by atoms with van der Waals surface area (Å²) in [5, 5.41) is 26.4. The summed E-state index contributed by atoms with van der Waals surface area (Å²) in [4.78, 5) is 29.2. The highest BCUT2D eigenvalue weighted by atomic mass is 16.5. The molecule has 3 aliphatic rings. The smallest absolute Gasteiger partial charge is 0.326 e. The summed E-state index contributed by atoms with van der Waals surface area (Å²) in [5.41, 5.74) is 2.66. The van der Waals surface area contributed by atoms with Crippen molar-refractivity contribution in [1.29, 1.82) is 0 Å². The number of aliphatic hydroxyl groups is 1. The fourth-order valence-corrected chi connectivity index (χ4v) is 5.56. The molecule has 1 saturated carbocycles. The molecular weight excluding hydrogens is 458 g/mol. The number of ether oxygens (including phenoxy) is 1. The largest absolute Gasteiger partial charge is 0.480 e. The minimum absolute atomic E-state index is 0.131. The number of benzene rings is 1. The van der Waals surface area contributed by atoms with Gasteiger partial charge in [-0.25, -0.2) is 9.78 Å². The second-order valence-corrected chi connectivity index (χ2v) is 10.5. The number of fused-ring (bicyclic) bond motifs is 2. The lowest BCUT2D eigenvalue weighted by atomic mass is 9.79. The lowest BCUT2D eigenvalue weighted by molar-refractivity contribution is -0.147. The molecule has 2 aliphatic carbocycles. The number of rotatable bonds is 10. The first-order valence-electron chi connectivity index (χ1n) is 13.1. The number of carbonyl (C=O) groups is 2. The van der Waals surface area contributed by atoms with E-state index in [4.69, 9.17) is 9.72 Å². The monoisotopic (exact) mass is 493 g/mol. The molecule has 192 valence electrons. The maximum atomic E-state index is 12.8. The molecule has 0 bridgehead atoms. The van der Waals surface area contributed by atoms with Crippen molar-refractivity contribution in [2.24, 2.45) is 5.92 Å². The number of hydrogen-bond acceptors (Lipinski definition) is 6. The third-order valence-electron chi connectivity index (χ3n) is 7.82. The Morgan fingerprint density at radius 2 is 1.89 bits per heavy atom. The molecule has 1 atom stereocenters. The lowest BCUT2D eigenvalue weighted by Gasteiger charge is -2.35. The summed E-state index contributed by atoms with van der Waals surface area (Å²) < 4.78 is 5.90. The fraction of sp³-hybridized carbons (Fsp3) is 0.536. The predicted octanol–water partition coefficient (Wildman–Crippen LogP) is 2.66. The van der Waals surface area contributed by atoms with E-state index in [0.29, 0.717) is 5.92 Å². The van der Waals surface area contributed by atoms with Gasteiger partial charge in [0, 0.05) is 38.1 Å². The van der Waals surface area contributed by atoms with E-state index in [-0.39, 0.29) is 32.0 Å². The van der Waals surface area contributed by atoms with Crippen LogP contribution in [0.4, 0.5) is 5.82 Å². The van der Waals surface area contributed by atoms with Gasteiger partial charge in [0.05, 0.1) is 6.10 Å². The summed E-state index contributed by atoms with van der Waals surface area (Å²) in [5.74, 6) is -0.127. The van der Waals surface area contributed by atoms with Crippen molar-refractivity contribution in [3.8, 4) is 0 Å². The number of pyridine rings is 1. The zero-order valence-corrected chi connectivity index (χ0v) is 20.5. The minimum atomic E-state index is -1.61. The number of anilines is 1. The van der Waals surface area contributed by atoms with E-state index >= 15 is 0 Å². The van der Waals surface area contributed by atoms with Crippen LogP contribution in [-0.4, -0.2) is 58.0 Å². The molecule has 2 aromatic rings. The average Bonchev–Trinajstić information content (AvgIpc) is 3.21. The van der Waals surface area contributed by atoms with Gasteiger partial charge in [0.1, 0.15) is 11.9 Å². The van der Waals surface area contributed by atoms with Crippen LogP contribution in [0.1, 0.15) is 54.5 Å². The summed E-state index contributed by atoms with van der Waals surface area (Å²) in [7, 11) is 0. The van der Waals surface area contributed by atoms with E-state index in [1.807, 2.05) is 24.3 Å². The van der Waals surface area contributed by atoms with E-state index in [9.17, 15) is 19.8 Å². The number of aryl methyl sites for hydroxylation is 2. The Morgan fingerprint density at radius 3 is 2.61 bits per heavy atom. The minimum Gasteiger partial charge on any atom is -0.480 e. The third-order valence-corrected chi connectivity index (χ3v) is 7.82. The van der Waals surface area contributed by atoms with Gasteiger partial charge in [-0.2, -0.15) is 0 Å². The molecule has 1 amide bonds. The molecule has 8 heteroatoms. The molecule has 1 aromatic heterocycles. The van der Waals surface area contributed by atoms with Gasteiger partial charge in [-0.1, -0.05) is 30.3 Å². The van der Waals surface area contributed by atoms with Crippen LogP contribution in [-0.2, 0) is 40.0 Å². The maximum absolute atomic E-state index is 12.8. The van der Waals surface area contributed by atoms with Crippen LogP contribution in [0.15, 0.2) is 36.4 Å². The highest BCUT2D eigenvalue weighted by molar-refractivity contribution is 5.90. The van der Waals surface area contributed by atoms with Crippen molar-refractivity contribution >= 4 is 17.7 Å². The molecular formula is C28H35N3O5. The van der Waals surface area contributed by atoms with Gasteiger partial charge in [-0.05, 0) is 67.2 Å². The molecule has 5 rings (SSSR count). The molecule has 1 aromatic carbocycles. The molecule has 2 heterocycles. The number of nitrogens with one attached hydrogen (secondary N) is 2. The molecule has 1 aliphatic heterocycles. The van der Waals surface area contributed by atoms with Crippen molar-refractivity contribution in [3.05, 3.63) is 58.8 Å². The van der Waals surface area contributed by atoms with Crippen LogP contribution in [0.3, 0.4) is 0 Å². The molecule has 0 radical (unpaired) electrons. The zero-order chi connectivity index (χ0) is 25.1. The van der Waals surface area contributed by atoms with E-state index in [2.05, 4.69) is 22.8 Å². The number of carboxylic acids is 1. The van der Waals surface area contributed by atoms with Crippen LogP contribution in [0.25, 0.3) is 0 Å². The fourth-order valence-electron chi connectivity index (χ4n) is 5.56.